The first-order valence-corrected chi connectivity index (χ1v) is 9.65. The van der Waals surface area contributed by atoms with Crippen molar-refractivity contribution in [2.24, 2.45) is 10.3 Å². The van der Waals surface area contributed by atoms with E-state index in [4.69, 9.17) is 4.74 Å². The van der Waals surface area contributed by atoms with Crippen LogP contribution in [0.3, 0.4) is 0 Å². The SMILES string of the molecule is O=S1(=O)N=C(CC2CCCCCC2)OC2CCCCC21. The molecule has 3 rings (SSSR count). The standard InChI is InChI=1S/C15H25NO3S/c17-20(18)14-10-6-5-9-13(14)19-15(16-20)11-12-7-3-1-2-4-8-12/h12-14H,1-11H2. The zero-order valence-corrected chi connectivity index (χ0v) is 12.9. The van der Waals surface area contributed by atoms with Gasteiger partial charge in [-0.15, -0.1) is 4.40 Å². The van der Waals surface area contributed by atoms with Gasteiger partial charge in [0.05, 0.1) is 0 Å². The molecule has 0 aromatic heterocycles. The minimum atomic E-state index is -3.33. The molecule has 0 spiro atoms. The van der Waals surface area contributed by atoms with E-state index in [1.807, 2.05) is 0 Å². The van der Waals surface area contributed by atoms with E-state index in [1.165, 1.54) is 38.5 Å². The Bertz CT molecular complexity index is 464. The van der Waals surface area contributed by atoms with Crippen LogP contribution in [0.1, 0.15) is 70.6 Å². The first-order chi connectivity index (χ1) is 9.65. The molecular formula is C15H25NO3S. The molecule has 2 fully saturated rings. The van der Waals surface area contributed by atoms with E-state index in [-0.39, 0.29) is 11.4 Å². The molecule has 20 heavy (non-hydrogen) atoms. The molecule has 0 bridgehead atoms. The molecule has 2 saturated carbocycles. The molecule has 5 heteroatoms. The molecule has 0 saturated heterocycles. The van der Waals surface area contributed by atoms with Crippen LogP contribution in [-0.2, 0) is 14.8 Å². The third-order valence-corrected chi connectivity index (χ3v) is 6.74. The summed E-state index contributed by atoms with van der Waals surface area (Å²) in [5.41, 5.74) is 0. The molecule has 114 valence electrons. The van der Waals surface area contributed by atoms with Crippen molar-refractivity contribution in [3.63, 3.8) is 0 Å². The summed E-state index contributed by atoms with van der Waals surface area (Å²) in [5, 5.41) is -0.380. The van der Waals surface area contributed by atoms with Gasteiger partial charge in [-0.25, -0.2) is 8.42 Å². The van der Waals surface area contributed by atoms with Crippen LogP contribution in [0.15, 0.2) is 4.40 Å². The number of nitrogens with zero attached hydrogens (tertiary/aromatic N) is 1. The van der Waals surface area contributed by atoms with Gasteiger partial charge in [0.1, 0.15) is 11.4 Å². The molecule has 4 nitrogen and oxygen atoms in total. The molecule has 0 aromatic carbocycles. The van der Waals surface area contributed by atoms with E-state index in [2.05, 4.69) is 4.40 Å². The van der Waals surface area contributed by atoms with Crippen LogP contribution in [0.2, 0.25) is 0 Å². The van der Waals surface area contributed by atoms with Gasteiger partial charge in [0.25, 0.3) is 10.0 Å². The van der Waals surface area contributed by atoms with Crippen LogP contribution in [-0.4, -0.2) is 25.7 Å². The summed E-state index contributed by atoms with van der Waals surface area (Å²) in [6, 6.07) is 0. The van der Waals surface area contributed by atoms with Gasteiger partial charge in [-0.05, 0) is 38.0 Å². The van der Waals surface area contributed by atoms with E-state index < -0.39 is 10.0 Å². The Hall–Kier alpha value is -0.580. The smallest absolute Gasteiger partial charge is 0.262 e. The molecule has 0 radical (unpaired) electrons. The summed E-state index contributed by atoms with van der Waals surface area (Å²) in [6.07, 6.45) is 11.8. The number of sulfonamides is 1. The summed E-state index contributed by atoms with van der Waals surface area (Å²) in [4.78, 5) is 0. The van der Waals surface area contributed by atoms with Crippen LogP contribution in [0.5, 0.6) is 0 Å². The fourth-order valence-electron chi connectivity index (χ4n) is 3.84. The van der Waals surface area contributed by atoms with Gasteiger partial charge in [0.2, 0.25) is 5.90 Å². The molecule has 0 amide bonds. The molecule has 2 unspecified atom stereocenters. The average molecular weight is 299 g/mol. The van der Waals surface area contributed by atoms with E-state index >= 15 is 0 Å². The molecule has 0 N–H and O–H groups in total. The minimum Gasteiger partial charge on any atom is -0.475 e. The molecule has 2 atom stereocenters. The van der Waals surface area contributed by atoms with Crippen LogP contribution >= 0.6 is 0 Å². The van der Waals surface area contributed by atoms with E-state index in [1.54, 1.807) is 0 Å². The fraction of sp³-hybridized carbons (Fsp3) is 0.933. The number of fused-ring (bicyclic) bond motifs is 1. The van der Waals surface area contributed by atoms with E-state index in [0.717, 1.165) is 25.7 Å². The summed E-state index contributed by atoms with van der Waals surface area (Å²) >= 11 is 0. The van der Waals surface area contributed by atoms with Crippen LogP contribution in [0, 0.1) is 5.92 Å². The Kier molecular flexibility index (Phi) is 4.34. The predicted octanol–water partition coefficient (Wildman–Crippen LogP) is 3.42. The van der Waals surface area contributed by atoms with Crippen molar-refractivity contribution in [2.45, 2.75) is 82.0 Å². The van der Waals surface area contributed by atoms with Crippen LogP contribution < -0.4 is 0 Å². The van der Waals surface area contributed by atoms with Crippen molar-refractivity contribution >= 4 is 15.9 Å². The molecular weight excluding hydrogens is 274 g/mol. The Morgan fingerprint density at radius 1 is 0.950 bits per heavy atom. The van der Waals surface area contributed by atoms with Crippen LogP contribution in [0.25, 0.3) is 0 Å². The lowest BCUT2D eigenvalue weighted by molar-refractivity contribution is 0.133. The van der Waals surface area contributed by atoms with Crippen molar-refractivity contribution in [2.75, 3.05) is 0 Å². The topological polar surface area (TPSA) is 55.7 Å². The van der Waals surface area contributed by atoms with Gasteiger partial charge in [-0.1, -0.05) is 32.1 Å². The Morgan fingerprint density at radius 2 is 1.60 bits per heavy atom. The largest absolute Gasteiger partial charge is 0.475 e. The molecule has 1 heterocycles. The third-order valence-electron chi connectivity index (χ3n) is 4.98. The Balaban J connectivity index is 1.71. The Morgan fingerprint density at radius 3 is 2.35 bits per heavy atom. The van der Waals surface area contributed by atoms with Gasteiger partial charge in [-0.3, -0.25) is 0 Å². The maximum absolute atomic E-state index is 12.3. The second-order valence-electron chi connectivity index (χ2n) is 6.54. The lowest BCUT2D eigenvalue weighted by Gasteiger charge is -2.34. The lowest BCUT2D eigenvalue weighted by atomic mass is 9.95. The third kappa shape index (κ3) is 3.18. The summed E-state index contributed by atoms with van der Waals surface area (Å²) in [6.45, 7) is 0. The zero-order chi connectivity index (χ0) is 14.0. The normalized spacial score (nSPS) is 34.5. The highest BCUT2D eigenvalue weighted by atomic mass is 32.2. The maximum atomic E-state index is 12.3. The monoisotopic (exact) mass is 299 g/mol. The summed E-state index contributed by atoms with van der Waals surface area (Å²) in [5.74, 6) is 1.06. The van der Waals surface area contributed by atoms with Gasteiger partial charge >= 0.3 is 0 Å². The first kappa shape index (κ1) is 14.4. The molecule has 2 aliphatic carbocycles. The van der Waals surface area contributed by atoms with Gasteiger partial charge in [0, 0.05) is 6.42 Å². The highest BCUT2D eigenvalue weighted by molar-refractivity contribution is 7.91. The van der Waals surface area contributed by atoms with Crippen molar-refractivity contribution < 1.29 is 13.2 Å². The number of hydrogen-bond acceptors (Lipinski definition) is 3. The van der Waals surface area contributed by atoms with Crippen molar-refractivity contribution in [1.29, 1.82) is 0 Å². The summed E-state index contributed by atoms with van der Waals surface area (Å²) < 4.78 is 34.5. The molecule has 3 aliphatic rings. The minimum absolute atomic E-state index is 0.132. The predicted molar refractivity (Wildman–Crippen MR) is 79.3 cm³/mol. The van der Waals surface area contributed by atoms with Gasteiger partial charge in [-0.2, -0.15) is 0 Å². The van der Waals surface area contributed by atoms with Gasteiger partial charge < -0.3 is 4.74 Å². The number of ether oxygens (including phenoxy) is 1. The Labute approximate surface area is 122 Å². The molecule has 0 aromatic rings. The van der Waals surface area contributed by atoms with Crippen molar-refractivity contribution in [3.05, 3.63) is 0 Å². The zero-order valence-electron chi connectivity index (χ0n) is 12.1. The number of hydrogen-bond donors (Lipinski definition) is 0. The number of rotatable bonds is 2. The van der Waals surface area contributed by atoms with Crippen LogP contribution in [0.4, 0.5) is 0 Å². The second kappa shape index (κ2) is 6.04. The molecule has 1 aliphatic heterocycles. The van der Waals surface area contributed by atoms with E-state index in [0.29, 0.717) is 18.2 Å². The van der Waals surface area contributed by atoms with Crippen molar-refractivity contribution in [3.8, 4) is 0 Å². The highest BCUT2D eigenvalue weighted by Gasteiger charge is 2.41. The average Bonchev–Trinajstić information content (AvgIpc) is 2.67. The quantitative estimate of drug-likeness (QED) is 0.734. The summed E-state index contributed by atoms with van der Waals surface area (Å²) in [7, 11) is -3.33. The first-order valence-electron chi connectivity index (χ1n) is 8.14. The fourth-order valence-corrected chi connectivity index (χ4v) is 5.42. The highest BCUT2D eigenvalue weighted by Crippen LogP contribution is 2.33. The second-order valence-corrected chi connectivity index (χ2v) is 8.36. The van der Waals surface area contributed by atoms with Crippen molar-refractivity contribution in [1.82, 2.24) is 0 Å². The van der Waals surface area contributed by atoms with E-state index in [9.17, 15) is 8.42 Å². The maximum Gasteiger partial charge on any atom is 0.262 e. The van der Waals surface area contributed by atoms with Gasteiger partial charge in [0.15, 0.2) is 0 Å². The lowest BCUT2D eigenvalue weighted by Crippen LogP contribution is -2.43.